The third-order valence-electron chi connectivity index (χ3n) is 5.41. The van der Waals surface area contributed by atoms with Crippen LogP contribution >= 0.6 is 11.8 Å². The van der Waals surface area contributed by atoms with E-state index in [4.69, 9.17) is 0 Å². The highest BCUT2D eigenvalue weighted by Crippen LogP contribution is 2.44. The number of hydrogen-bond donors (Lipinski definition) is 0. The molecule has 0 N–H and O–H groups in total. The van der Waals surface area contributed by atoms with E-state index in [1.54, 1.807) is 36.0 Å². The first kappa shape index (κ1) is 15.7. The van der Waals surface area contributed by atoms with Gasteiger partial charge in [-0.05, 0) is 44.9 Å². The van der Waals surface area contributed by atoms with Crippen LogP contribution in [0.5, 0.6) is 0 Å². The van der Waals surface area contributed by atoms with Crippen molar-refractivity contribution in [3.8, 4) is 0 Å². The number of thioether (sulfide) groups is 1. The highest BCUT2D eigenvalue weighted by Gasteiger charge is 2.39. The fourth-order valence-corrected chi connectivity index (χ4v) is 5.59. The summed E-state index contributed by atoms with van der Waals surface area (Å²) in [5.41, 5.74) is 0.408. The first-order valence-electron chi connectivity index (χ1n) is 8.22. The van der Waals surface area contributed by atoms with E-state index < -0.39 is 0 Å². The van der Waals surface area contributed by atoms with Crippen LogP contribution in [0.2, 0.25) is 0 Å². The van der Waals surface area contributed by atoms with Gasteiger partial charge in [0.1, 0.15) is 5.39 Å². The lowest BCUT2D eigenvalue weighted by Gasteiger charge is -2.35. The summed E-state index contributed by atoms with van der Waals surface area (Å²) < 4.78 is 0.687. The molecule has 2 aliphatic heterocycles. The molecule has 1 aromatic carbocycles. The monoisotopic (exact) mass is 345 g/mol. The van der Waals surface area contributed by atoms with Gasteiger partial charge in [0.2, 0.25) is 5.52 Å². The van der Waals surface area contributed by atoms with Crippen LogP contribution in [0.4, 0.5) is 5.69 Å². The highest BCUT2D eigenvalue weighted by atomic mass is 32.2. The van der Waals surface area contributed by atoms with Crippen molar-refractivity contribution in [2.24, 2.45) is 0 Å². The Hall–Kier alpha value is -1.86. The fraction of sp³-hybridized carbons (Fsp3) is 0.471. The van der Waals surface area contributed by atoms with Gasteiger partial charge in [0, 0.05) is 29.5 Å². The summed E-state index contributed by atoms with van der Waals surface area (Å²) in [7, 11) is 2.19. The number of pyridine rings is 1. The van der Waals surface area contributed by atoms with Gasteiger partial charge >= 0.3 is 0 Å². The molecule has 2 unspecified atom stereocenters. The summed E-state index contributed by atoms with van der Waals surface area (Å²) in [6, 6.07) is 7.85. The first-order valence-corrected chi connectivity index (χ1v) is 9.10. The van der Waals surface area contributed by atoms with Crippen LogP contribution in [0.25, 0.3) is 10.9 Å². The van der Waals surface area contributed by atoms with Crippen molar-refractivity contribution in [3.63, 3.8) is 0 Å². The molecule has 0 spiro atoms. The number of piperidine rings is 1. The van der Waals surface area contributed by atoms with Gasteiger partial charge < -0.3 is 10.1 Å². The zero-order chi connectivity index (χ0) is 16.8. The molecule has 0 saturated carbocycles. The molecule has 0 aliphatic carbocycles. The Balaban J connectivity index is 1.69. The summed E-state index contributed by atoms with van der Waals surface area (Å²) >= 11 is 1.61. The number of hydrogen-bond acceptors (Lipinski definition) is 5. The quantitative estimate of drug-likeness (QED) is 0.370. The van der Waals surface area contributed by atoms with Crippen LogP contribution in [-0.4, -0.2) is 34.2 Å². The lowest BCUT2D eigenvalue weighted by atomic mass is 10.0. The lowest BCUT2D eigenvalue weighted by Crippen LogP contribution is -2.40. The van der Waals surface area contributed by atoms with E-state index in [1.807, 2.05) is 0 Å². The van der Waals surface area contributed by atoms with Gasteiger partial charge in [-0.1, -0.05) is 0 Å². The summed E-state index contributed by atoms with van der Waals surface area (Å²) in [5.74, 6) is 0. The number of fused-ring (bicyclic) bond motifs is 3. The summed E-state index contributed by atoms with van der Waals surface area (Å²) in [6.07, 6.45) is 5.97. The summed E-state index contributed by atoms with van der Waals surface area (Å²) in [5, 5.41) is 24.3. The van der Waals surface area contributed by atoms with E-state index >= 15 is 0 Å². The molecule has 6 nitrogen and oxygen atoms in total. The third-order valence-corrected chi connectivity index (χ3v) is 6.71. The predicted molar refractivity (Wildman–Crippen MR) is 93.0 cm³/mol. The Morgan fingerprint density at radius 3 is 2.62 bits per heavy atom. The largest absolute Gasteiger partial charge is 0.618 e. The van der Waals surface area contributed by atoms with Crippen molar-refractivity contribution in [2.45, 2.75) is 47.9 Å². The molecule has 7 heteroatoms. The Morgan fingerprint density at radius 1 is 1.25 bits per heavy atom. The van der Waals surface area contributed by atoms with Gasteiger partial charge in [0.05, 0.1) is 9.82 Å². The molecule has 1 aromatic heterocycles. The predicted octanol–water partition coefficient (Wildman–Crippen LogP) is 3.10. The van der Waals surface area contributed by atoms with Crippen LogP contribution < -0.4 is 4.73 Å². The molecule has 3 heterocycles. The van der Waals surface area contributed by atoms with Gasteiger partial charge in [0.25, 0.3) is 5.69 Å². The average Bonchev–Trinajstić information content (AvgIpc) is 2.76. The second-order valence-corrected chi connectivity index (χ2v) is 8.04. The van der Waals surface area contributed by atoms with Crippen molar-refractivity contribution in [1.29, 1.82) is 0 Å². The van der Waals surface area contributed by atoms with E-state index in [0.717, 1.165) is 12.8 Å². The smallest absolute Gasteiger partial charge is 0.296 e. The SMILES string of the molecule is CN1C2CCC1CC(Sc1ccc3c(ccc[n+]3[O-])c1[N+](=O)[O-])C2. The molecule has 2 atom stereocenters. The summed E-state index contributed by atoms with van der Waals surface area (Å²) in [4.78, 5) is 14.4. The fourth-order valence-electron chi connectivity index (χ4n) is 4.15. The minimum absolute atomic E-state index is 0.0639. The van der Waals surface area contributed by atoms with Crippen LogP contribution in [-0.2, 0) is 0 Å². The van der Waals surface area contributed by atoms with Crippen molar-refractivity contribution in [3.05, 3.63) is 45.8 Å². The van der Waals surface area contributed by atoms with Gasteiger partial charge in [-0.3, -0.25) is 10.1 Å². The first-order chi connectivity index (χ1) is 11.5. The lowest BCUT2D eigenvalue weighted by molar-refractivity contribution is -0.577. The minimum Gasteiger partial charge on any atom is -0.618 e. The maximum Gasteiger partial charge on any atom is 0.296 e. The number of benzene rings is 1. The van der Waals surface area contributed by atoms with Crippen molar-refractivity contribution < 1.29 is 9.65 Å². The maximum absolute atomic E-state index is 11.9. The molecule has 2 aromatic rings. The second kappa shape index (κ2) is 5.89. The highest BCUT2D eigenvalue weighted by molar-refractivity contribution is 8.00. The Bertz CT molecular complexity index is 799. The molecular formula is C17H19N3O3S. The number of nitro benzene ring substituents is 1. The molecule has 126 valence electrons. The van der Waals surface area contributed by atoms with Crippen LogP contribution in [0.1, 0.15) is 25.7 Å². The minimum atomic E-state index is -0.353. The van der Waals surface area contributed by atoms with E-state index in [2.05, 4.69) is 11.9 Å². The molecule has 24 heavy (non-hydrogen) atoms. The van der Waals surface area contributed by atoms with E-state index in [9.17, 15) is 15.3 Å². The van der Waals surface area contributed by atoms with E-state index in [-0.39, 0.29) is 10.6 Å². The van der Waals surface area contributed by atoms with Crippen LogP contribution in [0.15, 0.2) is 35.4 Å². The zero-order valence-corrected chi connectivity index (χ0v) is 14.2. The van der Waals surface area contributed by atoms with Crippen molar-refractivity contribution in [2.75, 3.05) is 7.05 Å². The number of rotatable bonds is 3. The number of aromatic nitrogens is 1. The number of nitro groups is 1. The second-order valence-electron chi connectivity index (χ2n) is 6.70. The summed E-state index contributed by atoms with van der Waals surface area (Å²) in [6.45, 7) is 0. The Morgan fingerprint density at radius 2 is 1.96 bits per heavy atom. The molecule has 4 rings (SSSR count). The molecular weight excluding hydrogens is 326 g/mol. The van der Waals surface area contributed by atoms with Crippen molar-refractivity contribution in [1.82, 2.24) is 4.90 Å². The van der Waals surface area contributed by atoms with E-state index in [0.29, 0.717) is 37.9 Å². The molecule has 2 aliphatic rings. The molecule has 0 amide bonds. The molecule has 2 saturated heterocycles. The van der Waals surface area contributed by atoms with Gasteiger partial charge in [-0.25, -0.2) is 0 Å². The topological polar surface area (TPSA) is 73.3 Å². The third kappa shape index (κ3) is 2.52. The van der Waals surface area contributed by atoms with Crippen molar-refractivity contribution >= 4 is 28.4 Å². The standard InChI is InChI=1S/C17H19N3O3S/c1-18-11-4-5-12(18)10-13(9-11)24-16-7-6-15-14(17(16)20(22)23)3-2-8-19(15)21/h2-3,6-8,11-13H,4-5,9-10H2,1H3. The Labute approximate surface area is 144 Å². The van der Waals surface area contributed by atoms with Gasteiger partial charge in [0.15, 0.2) is 6.20 Å². The van der Waals surface area contributed by atoms with E-state index in [1.165, 1.54) is 19.0 Å². The zero-order valence-electron chi connectivity index (χ0n) is 13.4. The van der Waals surface area contributed by atoms with Crippen LogP contribution in [0, 0.1) is 15.3 Å². The average molecular weight is 345 g/mol. The van der Waals surface area contributed by atoms with Gasteiger partial charge in [-0.15, -0.1) is 11.8 Å². The maximum atomic E-state index is 11.9. The molecule has 0 radical (unpaired) electrons. The molecule has 2 fully saturated rings. The number of nitrogens with zero attached hydrogens (tertiary/aromatic N) is 3. The van der Waals surface area contributed by atoms with Gasteiger partial charge in [-0.2, -0.15) is 4.73 Å². The van der Waals surface area contributed by atoms with Crippen LogP contribution in [0.3, 0.4) is 0 Å². The molecule has 2 bridgehead atoms. The normalized spacial score (nSPS) is 26.8. The Kier molecular flexibility index (Phi) is 3.85.